The van der Waals surface area contributed by atoms with E-state index in [1.54, 1.807) is 0 Å². The van der Waals surface area contributed by atoms with Crippen molar-refractivity contribution in [1.82, 2.24) is 10.2 Å². The van der Waals surface area contributed by atoms with Gasteiger partial charge in [-0.05, 0) is 50.6 Å². The summed E-state index contributed by atoms with van der Waals surface area (Å²) in [5.74, 6) is 1.70. The Morgan fingerprint density at radius 2 is 2.14 bits per heavy atom. The first-order valence-corrected chi connectivity index (χ1v) is 8.29. The number of nitrogens with zero attached hydrogens (tertiary/aromatic N) is 1. The van der Waals surface area contributed by atoms with E-state index in [1.165, 1.54) is 0 Å². The summed E-state index contributed by atoms with van der Waals surface area (Å²) in [5.41, 5.74) is 0. The molecule has 0 saturated carbocycles. The Morgan fingerprint density at radius 3 is 2.77 bits per heavy atom. The number of amides is 1. The first-order valence-electron chi connectivity index (χ1n) is 7.50. The molecule has 1 amide bonds. The number of benzene rings is 1. The van der Waals surface area contributed by atoms with Crippen LogP contribution in [0, 0.1) is 5.92 Å². The number of ether oxygens (including phenoxy) is 1. The fourth-order valence-electron chi connectivity index (χ4n) is 2.65. The van der Waals surface area contributed by atoms with Crippen molar-refractivity contribution in [3.8, 4) is 5.75 Å². The van der Waals surface area contributed by atoms with E-state index in [0.29, 0.717) is 18.9 Å². The van der Waals surface area contributed by atoms with Crippen LogP contribution in [-0.2, 0) is 4.79 Å². The number of piperidine rings is 1. The molecule has 2 rings (SSSR count). The highest BCUT2D eigenvalue weighted by molar-refractivity contribution is 9.10. The van der Waals surface area contributed by atoms with Crippen molar-refractivity contribution in [2.45, 2.75) is 19.3 Å². The average molecular weight is 392 g/mol. The molecule has 4 nitrogen and oxygen atoms in total. The van der Waals surface area contributed by atoms with Gasteiger partial charge in [0.2, 0.25) is 5.91 Å². The molecule has 0 unspecified atom stereocenters. The highest BCUT2D eigenvalue weighted by Crippen LogP contribution is 2.19. The minimum Gasteiger partial charge on any atom is -0.493 e. The van der Waals surface area contributed by atoms with E-state index >= 15 is 0 Å². The Bertz CT molecular complexity index is 465. The van der Waals surface area contributed by atoms with Crippen LogP contribution in [0.2, 0.25) is 0 Å². The lowest BCUT2D eigenvalue weighted by Gasteiger charge is -2.32. The van der Waals surface area contributed by atoms with Crippen LogP contribution in [0.15, 0.2) is 28.7 Å². The molecule has 1 fully saturated rings. The zero-order chi connectivity index (χ0) is 15.1. The van der Waals surface area contributed by atoms with Gasteiger partial charge in [-0.3, -0.25) is 4.79 Å². The van der Waals surface area contributed by atoms with E-state index in [4.69, 9.17) is 4.74 Å². The van der Waals surface area contributed by atoms with E-state index in [2.05, 4.69) is 21.2 Å². The first kappa shape index (κ1) is 19.3. The maximum absolute atomic E-state index is 12.1. The molecule has 0 atom stereocenters. The standard InChI is InChI=1S/C16H23BrN2O2.ClH/c1-18-12-13-5-8-19(9-6-13)16(20)7-10-21-15-4-2-3-14(17)11-15;/h2-4,11,13,18H,5-10,12H2,1H3;1H. The molecule has 1 aliphatic heterocycles. The van der Waals surface area contributed by atoms with Crippen molar-refractivity contribution in [2.75, 3.05) is 33.3 Å². The third-order valence-electron chi connectivity index (χ3n) is 3.84. The summed E-state index contributed by atoms with van der Waals surface area (Å²) < 4.78 is 6.60. The third-order valence-corrected chi connectivity index (χ3v) is 4.33. The lowest BCUT2D eigenvalue weighted by Crippen LogP contribution is -2.40. The molecule has 1 aromatic rings. The molecule has 6 heteroatoms. The summed E-state index contributed by atoms with van der Waals surface area (Å²) >= 11 is 3.40. The summed E-state index contributed by atoms with van der Waals surface area (Å²) in [6.45, 7) is 3.24. The van der Waals surface area contributed by atoms with Crippen molar-refractivity contribution >= 4 is 34.2 Å². The quantitative estimate of drug-likeness (QED) is 0.810. The Kier molecular flexibility index (Phi) is 8.83. The van der Waals surface area contributed by atoms with Crippen molar-refractivity contribution in [3.63, 3.8) is 0 Å². The summed E-state index contributed by atoms with van der Waals surface area (Å²) in [5, 5.41) is 3.21. The molecule has 0 spiro atoms. The van der Waals surface area contributed by atoms with E-state index in [-0.39, 0.29) is 18.3 Å². The molecule has 0 bridgehead atoms. The molecule has 1 aliphatic rings. The van der Waals surface area contributed by atoms with Gasteiger partial charge in [-0.15, -0.1) is 12.4 Å². The van der Waals surface area contributed by atoms with Crippen molar-refractivity contribution < 1.29 is 9.53 Å². The van der Waals surface area contributed by atoms with Crippen molar-refractivity contribution in [1.29, 1.82) is 0 Å². The SMILES string of the molecule is CNCC1CCN(C(=O)CCOc2cccc(Br)c2)CC1.Cl. The molecule has 1 saturated heterocycles. The smallest absolute Gasteiger partial charge is 0.225 e. The van der Waals surface area contributed by atoms with Crippen LogP contribution >= 0.6 is 28.3 Å². The number of hydrogen-bond donors (Lipinski definition) is 1. The van der Waals surface area contributed by atoms with Crippen LogP contribution in [0.5, 0.6) is 5.75 Å². The maximum Gasteiger partial charge on any atom is 0.225 e. The molecule has 1 N–H and O–H groups in total. The van der Waals surface area contributed by atoms with Gasteiger partial charge < -0.3 is 15.0 Å². The largest absolute Gasteiger partial charge is 0.493 e. The normalized spacial score (nSPS) is 15.3. The predicted molar refractivity (Wildman–Crippen MR) is 94.7 cm³/mol. The lowest BCUT2D eigenvalue weighted by molar-refractivity contribution is -0.133. The lowest BCUT2D eigenvalue weighted by atomic mass is 9.97. The van der Waals surface area contributed by atoms with Gasteiger partial charge in [0.1, 0.15) is 5.75 Å². The van der Waals surface area contributed by atoms with Gasteiger partial charge in [0.25, 0.3) is 0 Å². The van der Waals surface area contributed by atoms with Crippen LogP contribution in [0.25, 0.3) is 0 Å². The second-order valence-electron chi connectivity index (χ2n) is 5.44. The van der Waals surface area contributed by atoms with Crippen LogP contribution in [0.4, 0.5) is 0 Å². The summed E-state index contributed by atoms with van der Waals surface area (Å²) in [6.07, 6.45) is 2.64. The number of carbonyl (C=O) groups excluding carboxylic acids is 1. The summed E-state index contributed by atoms with van der Waals surface area (Å²) in [7, 11) is 1.98. The maximum atomic E-state index is 12.1. The molecule has 0 aromatic heterocycles. The fourth-order valence-corrected chi connectivity index (χ4v) is 3.02. The Morgan fingerprint density at radius 1 is 1.41 bits per heavy atom. The number of hydrogen-bond acceptors (Lipinski definition) is 3. The highest BCUT2D eigenvalue weighted by atomic mass is 79.9. The topological polar surface area (TPSA) is 41.6 Å². The highest BCUT2D eigenvalue weighted by Gasteiger charge is 2.21. The minimum absolute atomic E-state index is 0. The number of carbonyl (C=O) groups is 1. The van der Waals surface area contributed by atoms with Gasteiger partial charge in [0, 0.05) is 17.6 Å². The van der Waals surface area contributed by atoms with E-state index in [1.807, 2.05) is 36.2 Å². The zero-order valence-corrected chi connectivity index (χ0v) is 15.3. The van der Waals surface area contributed by atoms with Gasteiger partial charge in [0.15, 0.2) is 0 Å². The second-order valence-corrected chi connectivity index (χ2v) is 6.35. The molecular formula is C16H24BrClN2O2. The number of nitrogens with one attached hydrogen (secondary N) is 1. The van der Waals surface area contributed by atoms with E-state index in [9.17, 15) is 4.79 Å². The molecule has 22 heavy (non-hydrogen) atoms. The monoisotopic (exact) mass is 390 g/mol. The van der Waals surface area contributed by atoms with Gasteiger partial charge >= 0.3 is 0 Å². The van der Waals surface area contributed by atoms with Crippen molar-refractivity contribution in [3.05, 3.63) is 28.7 Å². The molecule has 124 valence electrons. The van der Waals surface area contributed by atoms with Gasteiger partial charge in [0.05, 0.1) is 13.0 Å². The number of likely N-dealkylation sites (tertiary alicyclic amines) is 1. The Hall–Kier alpha value is -0.780. The zero-order valence-electron chi connectivity index (χ0n) is 12.9. The fraction of sp³-hybridized carbons (Fsp3) is 0.562. The summed E-state index contributed by atoms with van der Waals surface area (Å²) in [6, 6.07) is 7.69. The Labute approximate surface area is 147 Å². The van der Waals surface area contributed by atoms with Gasteiger partial charge in [-0.1, -0.05) is 22.0 Å². The van der Waals surface area contributed by atoms with Crippen LogP contribution in [-0.4, -0.2) is 44.1 Å². The van der Waals surface area contributed by atoms with E-state index < -0.39 is 0 Å². The average Bonchev–Trinajstić information content (AvgIpc) is 2.48. The molecule has 1 heterocycles. The summed E-state index contributed by atoms with van der Waals surface area (Å²) in [4.78, 5) is 14.1. The van der Waals surface area contributed by atoms with Crippen LogP contribution in [0.3, 0.4) is 0 Å². The van der Waals surface area contributed by atoms with Gasteiger partial charge in [-0.2, -0.15) is 0 Å². The Balaban J connectivity index is 0.00000242. The molecule has 1 aromatic carbocycles. The molecule has 0 radical (unpaired) electrons. The minimum atomic E-state index is 0. The second kappa shape index (κ2) is 10.1. The van der Waals surface area contributed by atoms with Crippen LogP contribution in [0.1, 0.15) is 19.3 Å². The molecular weight excluding hydrogens is 368 g/mol. The van der Waals surface area contributed by atoms with Gasteiger partial charge in [-0.25, -0.2) is 0 Å². The predicted octanol–water partition coefficient (Wildman–Crippen LogP) is 3.10. The van der Waals surface area contributed by atoms with E-state index in [0.717, 1.165) is 42.7 Å². The van der Waals surface area contributed by atoms with Crippen molar-refractivity contribution in [2.24, 2.45) is 5.92 Å². The molecule has 0 aliphatic carbocycles. The number of halogens is 2. The third kappa shape index (κ3) is 6.15. The van der Waals surface area contributed by atoms with Crippen LogP contribution < -0.4 is 10.1 Å². The number of rotatable bonds is 6. The first-order chi connectivity index (χ1) is 10.2.